The van der Waals surface area contributed by atoms with Crippen molar-refractivity contribution in [3.8, 4) is 0 Å². The van der Waals surface area contributed by atoms with Crippen molar-refractivity contribution in [1.29, 1.82) is 0 Å². The smallest absolute Gasteiger partial charge is 0.128 e. The maximum atomic E-state index is 14.2. The van der Waals surface area contributed by atoms with Gasteiger partial charge in [0, 0.05) is 43.0 Å². The molecule has 20 heavy (non-hydrogen) atoms. The summed E-state index contributed by atoms with van der Waals surface area (Å²) in [7, 11) is 2.14. The first-order valence-electron chi connectivity index (χ1n) is 7.51. The molecule has 0 aliphatic carbocycles. The Morgan fingerprint density at radius 1 is 1.40 bits per heavy atom. The van der Waals surface area contributed by atoms with Crippen molar-refractivity contribution < 1.29 is 4.39 Å². The minimum absolute atomic E-state index is 0.0236. The van der Waals surface area contributed by atoms with Gasteiger partial charge >= 0.3 is 0 Å². The molecule has 0 bridgehead atoms. The number of rotatable bonds is 4. The number of likely N-dealkylation sites (N-methyl/N-ethyl adjacent to an activating group) is 1. The molecule has 1 heterocycles. The molecule has 2 unspecified atom stereocenters. The number of hydrogen-bond acceptors (Lipinski definition) is 3. The Morgan fingerprint density at radius 2 is 2.15 bits per heavy atom. The summed E-state index contributed by atoms with van der Waals surface area (Å²) < 4.78 is 14.2. The largest absolute Gasteiger partial charge is 0.368 e. The number of benzene rings is 1. The van der Waals surface area contributed by atoms with Crippen LogP contribution in [0.15, 0.2) is 18.2 Å². The Hall–Kier alpha value is -1.13. The molecule has 0 amide bonds. The van der Waals surface area contributed by atoms with E-state index in [1.165, 1.54) is 0 Å². The molecular formula is C16H26FN3. The molecule has 2 rings (SSSR count). The molecule has 1 fully saturated rings. The quantitative estimate of drug-likeness (QED) is 0.917. The molecule has 2 atom stereocenters. The maximum absolute atomic E-state index is 14.2. The van der Waals surface area contributed by atoms with Crippen molar-refractivity contribution in [1.82, 2.24) is 4.90 Å². The Morgan fingerprint density at radius 3 is 2.80 bits per heavy atom. The van der Waals surface area contributed by atoms with Gasteiger partial charge in [0.25, 0.3) is 0 Å². The zero-order valence-electron chi connectivity index (χ0n) is 12.8. The average Bonchev–Trinajstić information content (AvgIpc) is 2.44. The number of halogens is 1. The molecule has 1 aromatic carbocycles. The fourth-order valence-corrected chi connectivity index (χ4v) is 2.72. The van der Waals surface area contributed by atoms with Crippen LogP contribution in [0.4, 0.5) is 10.1 Å². The monoisotopic (exact) mass is 279 g/mol. The van der Waals surface area contributed by atoms with Crippen LogP contribution in [0.1, 0.15) is 25.8 Å². The summed E-state index contributed by atoms with van der Waals surface area (Å²) in [6, 6.07) is 5.88. The number of anilines is 1. The van der Waals surface area contributed by atoms with Crippen LogP contribution in [-0.2, 0) is 6.42 Å². The van der Waals surface area contributed by atoms with Crippen LogP contribution in [0.5, 0.6) is 0 Å². The lowest BCUT2D eigenvalue weighted by atomic mass is 10.0. The van der Waals surface area contributed by atoms with Gasteiger partial charge in [-0.3, -0.25) is 0 Å². The lowest BCUT2D eigenvalue weighted by Gasteiger charge is -2.40. The van der Waals surface area contributed by atoms with Gasteiger partial charge < -0.3 is 15.5 Å². The minimum atomic E-state index is -0.127. The topological polar surface area (TPSA) is 32.5 Å². The zero-order chi connectivity index (χ0) is 14.7. The van der Waals surface area contributed by atoms with Crippen LogP contribution in [0.3, 0.4) is 0 Å². The lowest BCUT2D eigenvalue weighted by Crippen LogP contribution is -2.50. The van der Waals surface area contributed by atoms with Crippen LogP contribution in [0.2, 0.25) is 0 Å². The van der Waals surface area contributed by atoms with Crippen molar-refractivity contribution in [2.45, 2.75) is 38.8 Å². The van der Waals surface area contributed by atoms with Crippen LogP contribution in [0.25, 0.3) is 0 Å². The van der Waals surface area contributed by atoms with E-state index in [0.29, 0.717) is 12.5 Å². The second-order valence-corrected chi connectivity index (χ2v) is 5.89. The second kappa shape index (κ2) is 6.55. The van der Waals surface area contributed by atoms with E-state index in [1.54, 1.807) is 12.1 Å². The molecule has 0 aromatic heterocycles. The van der Waals surface area contributed by atoms with E-state index < -0.39 is 0 Å². The van der Waals surface area contributed by atoms with Gasteiger partial charge in [-0.2, -0.15) is 0 Å². The van der Waals surface area contributed by atoms with Crippen LogP contribution < -0.4 is 10.6 Å². The first-order valence-corrected chi connectivity index (χ1v) is 7.51. The van der Waals surface area contributed by atoms with E-state index in [-0.39, 0.29) is 11.9 Å². The van der Waals surface area contributed by atoms with Crippen molar-refractivity contribution >= 4 is 5.69 Å². The average molecular weight is 279 g/mol. The van der Waals surface area contributed by atoms with Gasteiger partial charge in [0.1, 0.15) is 5.82 Å². The zero-order valence-corrected chi connectivity index (χ0v) is 12.8. The number of nitrogens with zero attached hydrogens (tertiary/aromatic N) is 2. The summed E-state index contributed by atoms with van der Waals surface area (Å²) in [6.07, 6.45) is 1.48. The van der Waals surface area contributed by atoms with Crippen molar-refractivity contribution in [3.63, 3.8) is 0 Å². The third kappa shape index (κ3) is 3.30. The van der Waals surface area contributed by atoms with E-state index >= 15 is 0 Å². The summed E-state index contributed by atoms with van der Waals surface area (Å²) in [5.74, 6) is -0.127. The molecule has 112 valence electrons. The lowest BCUT2D eigenvalue weighted by molar-refractivity contribution is 0.234. The van der Waals surface area contributed by atoms with Gasteiger partial charge in [0.05, 0.1) is 0 Å². The molecule has 0 radical (unpaired) electrons. The predicted octanol–water partition coefficient (Wildman–Crippen LogP) is 2.25. The second-order valence-electron chi connectivity index (χ2n) is 5.89. The van der Waals surface area contributed by atoms with E-state index in [0.717, 1.165) is 37.3 Å². The first kappa shape index (κ1) is 15.3. The van der Waals surface area contributed by atoms with Crippen molar-refractivity contribution in [2.75, 3.05) is 31.6 Å². The standard InChI is InChI=1S/C16H26FN3/c1-4-13(18)10-14-15(17)6-5-7-16(14)20-9-8-19(3)12(2)11-20/h5-7,12-13H,4,8-11,18H2,1-3H3. The van der Waals surface area contributed by atoms with Crippen LogP contribution in [0, 0.1) is 5.82 Å². The third-order valence-electron chi connectivity index (χ3n) is 4.39. The first-order chi connectivity index (χ1) is 9.52. The Balaban J connectivity index is 2.24. The van der Waals surface area contributed by atoms with Crippen LogP contribution >= 0.6 is 0 Å². The number of hydrogen-bond donors (Lipinski definition) is 1. The van der Waals surface area contributed by atoms with Gasteiger partial charge in [0.15, 0.2) is 0 Å². The summed E-state index contributed by atoms with van der Waals surface area (Å²) in [5, 5.41) is 0. The normalized spacial score (nSPS) is 22.1. The van der Waals surface area contributed by atoms with Gasteiger partial charge in [-0.25, -0.2) is 4.39 Å². The highest BCUT2D eigenvalue weighted by atomic mass is 19.1. The molecular weight excluding hydrogens is 253 g/mol. The summed E-state index contributed by atoms with van der Waals surface area (Å²) in [5.41, 5.74) is 7.83. The number of piperazine rings is 1. The highest BCUT2D eigenvalue weighted by Crippen LogP contribution is 2.26. The summed E-state index contributed by atoms with van der Waals surface area (Å²) >= 11 is 0. The summed E-state index contributed by atoms with van der Waals surface area (Å²) in [4.78, 5) is 4.64. The van der Waals surface area contributed by atoms with Gasteiger partial charge in [0.2, 0.25) is 0 Å². The van der Waals surface area contributed by atoms with Crippen LogP contribution in [-0.4, -0.2) is 43.7 Å². The van der Waals surface area contributed by atoms with Gasteiger partial charge in [-0.05, 0) is 38.9 Å². The summed E-state index contributed by atoms with van der Waals surface area (Å²) in [6.45, 7) is 7.15. The van der Waals surface area contributed by atoms with Crippen molar-refractivity contribution in [2.24, 2.45) is 5.73 Å². The van der Waals surface area contributed by atoms with E-state index in [9.17, 15) is 4.39 Å². The molecule has 4 heteroatoms. The maximum Gasteiger partial charge on any atom is 0.128 e. The fraction of sp³-hybridized carbons (Fsp3) is 0.625. The van der Waals surface area contributed by atoms with E-state index in [2.05, 4.69) is 23.8 Å². The van der Waals surface area contributed by atoms with Crippen molar-refractivity contribution in [3.05, 3.63) is 29.6 Å². The van der Waals surface area contributed by atoms with Gasteiger partial charge in [-0.15, -0.1) is 0 Å². The molecule has 0 spiro atoms. The Labute approximate surface area is 121 Å². The molecule has 1 saturated heterocycles. The molecule has 3 nitrogen and oxygen atoms in total. The third-order valence-corrected chi connectivity index (χ3v) is 4.39. The SMILES string of the molecule is CCC(N)Cc1c(F)cccc1N1CCN(C)C(C)C1. The minimum Gasteiger partial charge on any atom is -0.368 e. The van der Waals surface area contributed by atoms with E-state index in [1.807, 2.05) is 13.0 Å². The molecule has 0 saturated carbocycles. The molecule has 1 aliphatic rings. The van der Waals surface area contributed by atoms with Gasteiger partial charge in [-0.1, -0.05) is 13.0 Å². The molecule has 1 aliphatic heterocycles. The molecule has 1 aromatic rings. The predicted molar refractivity (Wildman–Crippen MR) is 82.7 cm³/mol. The Kier molecular flexibility index (Phi) is 5.00. The highest BCUT2D eigenvalue weighted by molar-refractivity contribution is 5.55. The fourth-order valence-electron chi connectivity index (χ4n) is 2.72. The highest BCUT2D eigenvalue weighted by Gasteiger charge is 2.23. The number of nitrogens with two attached hydrogens (primary N) is 1. The Bertz CT molecular complexity index is 449. The molecule has 2 N–H and O–H groups in total. The van der Waals surface area contributed by atoms with E-state index in [4.69, 9.17) is 5.73 Å².